The third-order valence-electron chi connectivity index (χ3n) is 2.63. The molecule has 1 rings (SSSR count). The highest BCUT2D eigenvalue weighted by Gasteiger charge is 2.28. The van der Waals surface area contributed by atoms with Crippen molar-refractivity contribution in [2.75, 3.05) is 7.11 Å². The van der Waals surface area contributed by atoms with Gasteiger partial charge >= 0.3 is 5.69 Å². The van der Waals surface area contributed by atoms with Crippen LogP contribution in [0.15, 0.2) is 6.07 Å². The van der Waals surface area contributed by atoms with Crippen molar-refractivity contribution in [3.05, 3.63) is 33.1 Å². The summed E-state index contributed by atoms with van der Waals surface area (Å²) in [5, 5.41) is 10.8. The van der Waals surface area contributed by atoms with Crippen molar-refractivity contribution >= 4 is 5.69 Å². The van der Waals surface area contributed by atoms with Crippen LogP contribution in [0.4, 0.5) is 10.1 Å². The zero-order valence-electron chi connectivity index (χ0n) is 10.6. The highest BCUT2D eigenvalue weighted by Crippen LogP contribution is 2.38. The zero-order chi connectivity index (χ0) is 13.4. The summed E-state index contributed by atoms with van der Waals surface area (Å²) < 4.78 is 18.9. The SMILES string of the molecule is COc1c(C(C)(C)C)cc([N+](=O)[O-])c(F)c1C. The number of halogens is 1. The second-order valence-electron chi connectivity index (χ2n) is 4.92. The molecule has 0 fully saturated rings. The van der Waals surface area contributed by atoms with Crippen LogP contribution in [0.25, 0.3) is 0 Å². The molecule has 1 aromatic carbocycles. The lowest BCUT2D eigenvalue weighted by Crippen LogP contribution is -2.15. The van der Waals surface area contributed by atoms with Gasteiger partial charge in [0.25, 0.3) is 0 Å². The molecule has 17 heavy (non-hydrogen) atoms. The third-order valence-corrected chi connectivity index (χ3v) is 2.63. The fraction of sp³-hybridized carbons (Fsp3) is 0.500. The summed E-state index contributed by atoms with van der Waals surface area (Å²) in [6, 6.07) is 1.25. The molecule has 0 bridgehead atoms. The van der Waals surface area contributed by atoms with E-state index in [2.05, 4.69) is 0 Å². The minimum Gasteiger partial charge on any atom is -0.496 e. The third kappa shape index (κ3) is 2.38. The Morgan fingerprint density at radius 2 is 1.94 bits per heavy atom. The van der Waals surface area contributed by atoms with Crippen molar-refractivity contribution in [1.29, 1.82) is 0 Å². The molecule has 0 amide bonds. The van der Waals surface area contributed by atoms with Gasteiger partial charge in [-0.05, 0) is 12.3 Å². The van der Waals surface area contributed by atoms with E-state index in [-0.39, 0.29) is 11.0 Å². The summed E-state index contributed by atoms with van der Waals surface area (Å²) in [4.78, 5) is 10.1. The molecule has 0 spiro atoms. The molecule has 0 aromatic heterocycles. The van der Waals surface area contributed by atoms with Gasteiger partial charge in [0, 0.05) is 17.2 Å². The first-order chi connectivity index (χ1) is 7.70. The van der Waals surface area contributed by atoms with Crippen molar-refractivity contribution < 1.29 is 14.1 Å². The van der Waals surface area contributed by atoms with Crippen molar-refractivity contribution in [3.63, 3.8) is 0 Å². The van der Waals surface area contributed by atoms with E-state index in [0.29, 0.717) is 11.3 Å². The van der Waals surface area contributed by atoms with Crippen molar-refractivity contribution in [2.45, 2.75) is 33.1 Å². The quantitative estimate of drug-likeness (QED) is 0.589. The molecule has 5 heteroatoms. The molecule has 94 valence electrons. The summed E-state index contributed by atoms with van der Waals surface area (Å²) in [6.07, 6.45) is 0. The van der Waals surface area contributed by atoms with E-state index < -0.39 is 16.4 Å². The van der Waals surface area contributed by atoms with Crippen LogP contribution < -0.4 is 4.74 Å². The van der Waals surface area contributed by atoms with Crippen LogP contribution in [0.1, 0.15) is 31.9 Å². The van der Waals surface area contributed by atoms with Crippen molar-refractivity contribution in [1.82, 2.24) is 0 Å². The summed E-state index contributed by atoms with van der Waals surface area (Å²) in [7, 11) is 1.43. The maximum absolute atomic E-state index is 13.7. The summed E-state index contributed by atoms with van der Waals surface area (Å²) in [5.41, 5.74) is -0.0559. The predicted octanol–water partition coefficient (Wildman–Crippen LogP) is 3.35. The first-order valence-electron chi connectivity index (χ1n) is 5.22. The lowest BCUT2D eigenvalue weighted by atomic mass is 9.84. The number of rotatable bonds is 2. The standard InChI is InChI=1S/C12H16FNO3/c1-7-10(13)9(14(15)16)6-8(11(7)17-5)12(2,3)4/h6H,1-5H3. The number of hydrogen-bond acceptors (Lipinski definition) is 3. The highest BCUT2D eigenvalue weighted by molar-refractivity contribution is 5.53. The smallest absolute Gasteiger partial charge is 0.305 e. The highest BCUT2D eigenvalue weighted by atomic mass is 19.1. The summed E-state index contributed by atoms with van der Waals surface area (Å²) in [5.74, 6) is -0.458. The van der Waals surface area contributed by atoms with Gasteiger partial charge in [-0.2, -0.15) is 4.39 Å². The Morgan fingerprint density at radius 1 is 1.41 bits per heavy atom. The molecule has 0 radical (unpaired) electrons. The summed E-state index contributed by atoms with van der Waals surface area (Å²) in [6.45, 7) is 7.17. The normalized spacial score (nSPS) is 11.4. The Kier molecular flexibility index (Phi) is 3.40. The molecule has 4 nitrogen and oxygen atoms in total. The van der Waals surface area contributed by atoms with Gasteiger partial charge in [0.2, 0.25) is 5.82 Å². The first kappa shape index (κ1) is 13.4. The van der Waals surface area contributed by atoms with Crippen molar-refractivity contribution in [3.8, 4) is 5.75 Å². The molecule has 0 aliphatic carbocycles. The monoisotopic (exact) mass is 241 g/mol. The molecule has 0 saturated carbocycles. The number of nitro groups is 1. The molecule has 0 N–H and O–H groups in total. The molecule has 0 unspecified atom stereocenters. The van der Waals surface area contributed by atoms with Crippen LogP contribution in [-0.2, 0) is 5.41 Å². The van der Waals surface area contributed by atoms with E-state index in [1.165, 1.54) is 20.1 Å². The van der Waals surface area contributed by atoms with Crippen LogP contribution in [0.2, 0.25) is 0 Å². The van der Waals surface area contributed by atoms with Gasteiger partial charge in [-0.25, -0.2) is 0 Å². The fourth-order valence-corrected chi connectivity index (χ4v) is 1.71. The van der Waals surface area contributed by atoms with Crippen LogP contribution >= 0.6 is 0 Å². The van der Waals surface area contributed by atoms with E-state index in [1.807, 2.05) is 20.8 Å². The average Bonchev–Trinajstić information content (AvgIpc) is 2.19. The largest absolute Gasteiger partial charge is 0.496 e. The fourth-order valence-electron chi connectivity index (χ4n) is 1.71. The van der Waals surface area contributed by atoms with Crippen molar-refractivity contribution in [2.24, 2.45) is 0 Å². The van der Waals surface area contributed by atoms with Crippen LogP contribution in [0.5, 0.6) is 5.75 Å². The maximum atomic E-state index is 13.7. The number of nitro benzene ring substituents is 1. The number of benzene rings is 1. The lowest BCUT2D eigenvalue weighted by molar-refractivity contribution is -0.387. The van der Waals surface area contributed by atoms with Gasteiger partial charge in [-0.1, -0.05) is 20.8 Å². The average molecular weight is 241 g/mol. The predicted molar refractivity (Wildman–Crippen MR) is 63.0 cm³/mol. The van der Waals surface area contributed by atoms with Crippen LogP contribution in [0.3, 0.4) is 0 Å². The minimum absolute atomic E-state index is 0.173. The maximum Gasteiger partial charge on any atom is 0.305 e. The lowest BCUT2D eigenvalue weighted by Gasteiger charge is -2.23. The Hall–Kier alpha value is -1.65. The molecular formula is C12H16FNO3. The van der Waals surface area contributed by atoms with E-state index in [4.69, 9.17) is 4.74 Å². The Balaban J connectivity index is 3.65. The number of nitrogens with zero attached hydrogens (tertiary/aromatic N) is 1. The molecule has 0 aliphatic heterocycles. The molecular weight excluding hydrogens is 225 g/mol. The first-order valence-corrected chi connectivity index (χ1v) is 5.22. The molecule has 0 atom stereocenters. The second kappa shape index (κ2) is 4.31. The van der Waals surface area contributed by atoms with Crippen LogP contribution in [-0.4, -0.2) is 12.0 Å². The van der Waals surface area contributed by atoms with E-state index in [9.17, 15) is 14.5 Å². The number of methoxy groups -OCH3 is 1. The Morgan fingerprint density at radius 3 is 2.29 bits per heavy atom. The van der Waals surface area contributed by atoms with E-state index >= 15 is 0 Å². The Labute approximate surface area is 99.6 Å². The van der Waals surface area contributed by atoms with Gasteiger partial charge in [-0.3, -0.25) is 10.1 Å². The van der Waals surface area contributed by atoms with E-state index in [0.717, 1.165) is 0 Å². The Bertz CT molecular complexity index is 464. The molecule has 1 aromatic rings. The molecule has 0 heterocycles. The number of hydrogen-bond donors (Lipinski definition) is 0. The minimum atomic E-state index is -0.833. The summed E-state index contributed by atoms with van der Waals surface area (Å²) >= 11 is 0. The molecule has 0 aliphatic rings. The van der Waals surface area contributed by atoms with Gasteiger partial charge in [0.1, 0.15) is 5.75 Å². The van der Waals surface area contributed by atoms with Gasteiger partial charge < -0.3 is 4.74 Å². The number of ether oxygens (including phenoxy) is 1. The molecule has 0 saturated heterocycles. The second-order valence-corrected chi connectivity index (χ2v) is 4.92. The van der Waals surface area contributed by atoms with Gasteiger partial charge in [0.15, 0.2) is 0 Å². The topological polar surface area (TPSA) is 52.4 Å². The van der Waals surface area contributed by atoms with Gasteiger partial charge in [-0.15, -0.1) is 0 Å². The van der Waals surface area contributed by atoms with Gasteiger partial charge in [0.05, 0.1) is 12.0 Å². The van der Waals surface area contributed by atoms with Crippen LogP contribution in [0, 0.1) is 22.9 Å². The van der Waals surface area contributed by atoms with E-state index in [1.54, 1.807) is 0 Å². The zero-order valence-corrected chi connectivity index (χ0v) is 10.6.